The van der Waals surface area contributed by atoms with Gasteiger partial charge in [-0.3, -0.25) is 0 Å². The van der Waals surface area contributed by atoms with Gasteiger partial charge >= 0.3 is 0 Å². The van der Waals surface area contributed by atoms with E-state index in [1.807, 2.05) is 6.92 Å². The molecule has 3 nitrogen and oxygen atoms in total. The van der Waals surface area contributed by atoms with Crippen molar-refractivity contribution in [1.82, 2.24) is 0 Å². The molecule has 0 fully saturated rings. The van der Waals surface area contributed by atoms with Crippen LogP contribution in [0.25, 0.3) is 0 Å². The SMILES string of the molecule is COc1ccc(C#N)cc1[C@H](C)N. The molecule has 0 aromatic heterocycles. The highest BCUT2D eigenvalue weighted by atomic mass is 16.5. The molecule has 1 aromatic carbocycles. The average molecular weight is 176 g/mol. The fraction of sp³-hybridized carbons (Fsp3) is 0.300. The van der Waals surface area contributed by atoms with Crippen LogP contribution in [0, 0.1) is 11.3 Å². The normalized spacial score (nSPS) is 11.8. The maximum Gasteiger partial charge on any atom is 0.123 e. The van der Waals surface area contributed by atoms with Crippen LogP contribution < -0.4 is 10.5 Å². The zero-order valence-electron chi connectivity index (χ0n) is 7.74. The summed E-state index contributed by atoms with van der Waals surface area (Å²) in [6, 6.07) is 7.17. The van der Waals surface area contributed by atoms with E-state index < -0.39 is 0 Å². The lowest BCUT2D eigenvalue weighted by molar-refractivity contribution is 0.407. The number of methoxy groups -OCH3 is 1. The summed E-state index contributed by atoms with van der Waals surface area (Å²) in [4.78, 5) is 0. The number of rotatable bonds is 2. The molecule has 0 aliphatic carbocycles. The van der Waals surface area contributed by atoms with Crippen molar-refractivity contribution in [2.45, 2.75) is 13.0 Å². The Hall–Kier alpha value is -1.53. The van der Waals surface area contributed by atoms with Crippen molar-refractivity contribution in [2.75, 3.05) is 7.11 Å². The summed E-state index contributed by atoms with van der Waals surface area (Å²) in [5.74, 6) is 0.731. The zero-order chi connectivity index (χ0) is 9.84. The van der Waals surface area contributed by atoms with Gasteiger partial charge < -0.3 is 10.5 Å². The Labute approximate surface area is 77.7 Å². The van der Waals surface area contributed by atoms with Crippen LogP contribution in [0.5, 0.6) is 5.75 Å². The summed E-state index contributed by atoms with van der Waals surface area (Å²) in [7, 11) is 1.59. The summed E-state index contributed by atoms with van der Waals surface area (Å²) in [6.45, 7) is 1.86. The highest BCUT2D eigenvalue weighted by molar-refractivity contribution is 5.43. The van der Waals surface area contributed by atoms with Gasteiger partial charge in [0.25, 0.3) is 0 Å². The molecule has 0 saturated heterocycles. The molecule has 3 heteroatoms. The molecule has 0 aliphatic heterocycles. The minimum Gasteiger partial charge on any atom is -0.496 e. The van der Waals surface area contributed by atoms with Gasteiger partial charge in [-0.15, -0.1) is 0 Å². The molecule has 13 heavy (non-hydrogen) atoms. The van der Waals surface area contributed by atoms with Gasteiger partial charge in [0.2, 0.25) is 0 Å². The van der Waals surface area contributed by atoms with Gasteiger partial charge in [0, 0.05) is 11.6 Å². The van der Waals surface area contributed by atoms with Crippen LogP contribution in [-0.2, 0) is 0 Å². The molecular weight excluding hydrogens is 164 g/mol. The Morgan fingerprint density at radius 3 is 2.69 bits per heavy atom. The van der Waals surface area contributed by atoms with Gasteiger partial charge in [0.15, 0.2) is 0 Å². The van der Waals surface area contributed by atoms with Crippen LogP contribution in [-0.4, -0.2) is 7.11 Å². The number of ether oxygens (including phenoxy) is 1. The Bertz CT molecular complexity index is 339. The van der Waals surface area contributed by atoms with E-state index in [0.717, 1.165) is 11.3 Å². The van der Waals surface area contributed by atoms with Gasteiger partial charge in [0.05, 0.1) is 18.7 Å². The van der Waals surface area contributed by atoms with Crippen LogP contribution in [0.3, 0.4) is 0 Å². The lowest BCUT2D eigenvalue weighted by Gasteiger charge is -2.11. The molecule has 0 amide bonds. The maximum absolute atomic E-state index is 8.68. The minimum atomic E-state index is -0.122. The van der Waals surface area contributed by atoms with Crippen molar-refractivity contribution in [3.63, 3.8) is 0 Å². The number of nitrogens with zero attached hydrogens (tertiary/aromatic N) is 1. The molecule has 1 atom stereocenters. The molecule has 0 heterocycles. The Balaban J connectivity index is 3.20. The van der Waals surface area contributed by atoms with Crippen LogP contribution in [0.15, 0.2) is 18.2 Å². The van der Waals surface area contributed by atoms with Crippen LogP contribution in [0.2, 0.25) is 0 Å². The topological polar surface area (TPSA) is 59.0 Å². The minimum absolute atomic E-state index is 0.122. The van der Waals surface area contributed by atoms with Crippen molar-refractivity contribution in [2.24, 2.45) is 5.73 Å². The third-order valence-corrected chi connectivity index (χ3v) is 1.85. The third-order valence-electron chi connectivity index (χ3n) is 1.85. The van der Waals surface area contributed by atoms with Crippen LogP contribution in [0.1, 0.15) is 24.1 Å². The van der Waals surface area contributed by atoms with Crippen LogP contribution >= 0.6 is 0 Å². The zero-order valence-corrected chi connectivity index (χ0v) is 7.74. The van der Waals surface area contributed by atoms with Gasteiger partial charge in [-0.05, 0) is 25.1 Å². The lowest BCUT2D eigenvalue weighted by Crippen LogP contribution is -2.07. The Kier molecular flexibility index (Phi) is 2.88. The largest absolute Gasteiger partial charge is 0.496 e. The smallest absolute Gasteiger partial charge is 0.123 e. The number of nitriles is 1. The first-order valence-corrected chi connectivity index (χ1v) is 4.02. The second-order valence-electron chi connectivity index (χ2n) is 2.86. The first-order chi connectivity index (χ1) is 6.19. The van der Waals surface area contributed by atoms with Crippen molar-refractivity contribution in [1.29, 1.82) is 5.26 Å². The lowest BCUT2D eigenvalue weighted by atomic mass is 10.1. The molecule has 0 aliphatic rings. The van der Waals surface area contributed by atoms with E-state index >= 15 is 0 Å². The van der Waals surface area contributed by atoms with Crippen molar-refractivity contribution in [3.8, 4) is 11.8 Å². The average Bonchev–Trinajstić information content (AvgIpc) is 2.16. The molecule has 0 spiro atoms. The second-order valence-corrected chi connectivity index (χ2v) is 2.86. The summed E-state index contributed by atoms with van der Waals surface area (Å²) in [5, 5.41) is 8.68. The summed E-state index contributed by atoms with van der Waals surface area (Å²) >= 11 is 0. The molecule has 0 radical (unpaired) electrons. The van der Waals surface area contributed by atoms with Crippen molar-refractivity contribution >= 4 is 0 Å². The molecule has 1 aromatic rings. The van der Waals surface area contributed by atoms with Gasteiger partial charge in [-0.25, -0.2) is 0 Å². The van der Waals surface area contributed by atoms with E-state index in [4.69, 9.17) is 15.7 Å². The number of hydrogen-bond acceptors (Lipinski definition) is 3. The number of benzene rings is 1. The van der Waals surface area contributed by atoms with E-state index in [1.165, 1.54) is 0 Å². The van der Waals surface area contributed by atoms with Crippen molar-refractivity contribution < 1.29 is 4.74 Å². The fourth-order valence-corrected chi connectivity index (χ4v) is 1.16. The van der Waals surface area contributed by atoms with Crippen LogP contribution in [0.4, 0.5) is 0 Å². The van der Waals surface area contributed by atoms with Gasteiger partial charge in [-0.1, -0.05) is 0 Å². The predicted octanol–water partition coefficient (Wildman–Crippen LogP) is 1.59. The van der Waals surface area contributed by atoms with Gasteiger partial charge in [0.1, 0.15) is 5.75 Å². The number of nitrogens with two attached hydrogens (primary N) is 1. The molecule has 1 rings (SSSR count). The van der Waals surface area contributed by atoms with Gasteiger partial charge in [-0.2, -0.15) is 5.26 Å². The molecule has 68 valence electrons. The molecule has 0 unspecified atom stereocenters. The number of hydrogen-bond donors (Lipinski definition) is 1. The van der Waals surface area contributed by atoms with E-state index in [0.29, 0.717) is 5.56 Å². The Morgan fingerprint density at radius 2 is 2.23 bits per heavy atom. The Morgan fingerprint density at radius 1 is 1.54 bits per heavy atom. The summed E-state index contributed by atoms with van der Waals surface area (Å²) < 4.78 is 5.12. The first-order valence-electron chi connectivity index (χ1n) is 4.02. The summed E-state index contributed by atoms with van der Waals surface area (Å²) in [6.07, 6.45) is 0. The quantitative estimate of drug-likeness (QED) is 0.744. The second kappa shape index (κ2) is 3.92. The highest BCUT2D eigenvalue weighted by Crippen LogP contribution is 2.24. The van der Waals surface area contributed by atoms with E-state index in [1.54, 1.807) is 25.3 Å². The molecular formula is C10H12N2O. The summed E-state index contributed by atoms with van der Waals surface area (Å²) in [5.41, 5.74) is 7.19. The first kappa shape index (κ1) is 9.56. The maximum atomic E-state index is 8.68. The predicted molar refractivity (Wildman–Crippen MR) is 50.3 cm³/mol. The van der Waals surface area contributed by atoms with Crippen molar-refractivity contribution in [3.05, 3.63) is 29.3 Å². The highest BCUT2D eigenvalue weighted by Gasteiger charge is 2.07. The molecule has 0 bridgehead atoms. The molecule has 0 saturated carbocycles. The third kappa shape index (κ3) is 1.98. The molecule has 2 N–H and O–H groups in total. The van der Waals surface area contributed by atoms with E-state index in [-0.39, 0.29) is 6.04 Å². The standard InChI is InChI=1S/C10H12N2O/c1-7(12)9-5-8(6-11)3-4-10(9)13-2/h3-5,7H,12H2,1-2H3/t7-/m0/s1. The fourth-order valence-electron chi connectivity index (χ4n) is 1.16. The van der Waals surface area contributed by atoms with E-state index in [2.05, 4.69) is 6.07 Å². The monoisotopic (exact) mass is 176 g/mol. The van der Waals surface area contributed by atoms with E-state index in [9.17, 15) is 0 Å².